The predicted molar refractivity (Wildman–Crippen MR) is 84.3 cm³/mol. The van der Waals surface area contributed by atoms with E-state index in [9.17, 15) is 26.7 Å². The van der Waals surface area contributed by atoms with Gasteiger partial charge in [-0.3, -0.25) is 4.79 Å². The van der Waals surface area contributed by atoms with E-state index in [1.54, 1.807) is 6.92 Å². The van der Waals surface area contributed by atoms with Crippen LogP contribution in [0.2, 0.25) is 0 Å². The summed E-state index contributed by atoms with van der Waals surface area (Å²) in [6.07, 6.45) is 1.85. The Balaban J connectivity index is 2.09. The van der Waals surface area contributed by atoms with Gasteiger partial charge in [0.15, 0.2) is 17.5 Å². The summed E-state index contributed by atoms with van der Waals surface area (Å²) in [5.74, 6) is -7.01. The molecule has 7 heteroatoms. The molecule has 2 aromatic rings. The van der Waals surface area contributed by atoms with Crippen molar-refractivity contribution in [3.63, 3.8) is 0 Å². The molecule has 0 bridgehead atoms. The van der Waals surface area contributed by atoms with Crippen LogP contribution in [0.5, 0.6) is 0 Å². The maximum Gasteiger partial charge on any atom is 0.310 e. The maximum absolute atomic E-state index is 14.8. The fourth-order valence-corrected chi connectivity index (χ4v) is 2.82. The van der Waals surface area contributed by atoms with Crippen molar-refractivity contribution in [1.29, 1.82) is 0 Å². The third-order valence-corrected chi connectivity index (χ3v) is 4.10. The smallest absolute Gasteiger partial charge is 0.310 e. The highest BCUT2D eigenvalue weighted by Crippen LogP contribution is 2.36. The van der Waals surface area contributed by atoms with Gasteiger partial charge in [0.1, 0.15) is 17.4 Å². The van der Waals surface area contributed by atoms with E-state index in [4.69, 9.17) is 4.74 Å². The molecule has 0 atom stereocenters. The molecule has 0 heterocycles. The molecule has 26 heavy (non-hydrogen) atoms. The van der Waals surface area contributed by atoms with Crippen LogP contribution < -0.4 is 0 Å². The molecular weight excluding hydrogens is 355 g/mol. The van der Waals surface area contributed by atoms with Gasteiger partial charge >= 0.3 is 5.97 Å². The Kier molecular flexibility index (Phi) is 4.80. The van der Waals surface area contributed by atoms with E-state index in [-0.39, 0.29) is 36.1 Å². The van der Waals surface area contributed by atoms with Crippen LogP contribution >= 0.6 is 0 Å². The van der Waals surface area contributed by atoms with Crippen molar-refractivity contribution in [3.05, 3.63) is 64.2 Å². The van der Waals surface area contributed by atoms with Crippen molar-refractivity contribution in [3.8, 4) is 11.1 Å². The topological polar surface area (TPSA) is 26.3 Å². The molecule has 0 spiro atoms. The van der Waals surface area contributed by atoms with E-state index < -0.39 is 46.2 Å². The minimum Gasteiger partial charge on any atom is -0.431 e. The normalized spacial score (nSPS) is 13.2. The quantitative estimate of drug-likeness (QED) is 0.418. The summed E-state index contributed by atoms with van der Waals surface area (Å²) in [6, 6.07) is 2.07. The molecule has 0 amide bonds. The van der Waals surface area contributed by atoms with Crippen molar-refractivity contribution in [2.45, 2.75) is 26.2 Å². The van der Waals surface area contributed by atoms with Gasteiger partial charge in [-0.15, -0.1) is 0 Å². The highest BCUT2D eigenvalue weighted by Gasteiger charge is 2.24. The minimum absolute atomic E-state index is 0.115. The van der Waals surface area contributed by atoms with Crippen LogP contribution in [0.3, 0.4) is 0 Å². The Morgan fingerprint density at radius 1 is 0.962 bits per heavy atom. The van der Waals surface area contributed by atoms with Crippen molar-refractivity contribution in [1.82, 2.24) is 0 Å². The van der Waals surface area contributed by atoms with Crippen LogP contribution in [-0.4, -0.2) is 5.97 Å². The molecule has 2 nitrogen and oxygen atoms in total. The summed E-state index contributed by atoms with van der Waals surface area (Å²) in [7, 11) is 0. The fourth-order valence-electron chi connectivity index (χ4n) is 2.82. The first-order valence-corrected chi connectivity index (χ1v) is 7.88. The van der Waals surface area contributed by atoms with E-state index >= 15 is 0 Å². The highest BCUT2D eigenvalue weighted by atomic mass is 19.2. The van der Waals surface area contributed by atoms with Crippen molar-refractivity contribution in [2.24, 2.45) is 0 Å². The Morgan fingerprint density at radius 3 is 2.23 bits per heavy atom. The van der Waals surface area contributed by atoms with E-state index in [1.807, 2.05) is 0 Å². The first kappa shape index (κ1) is 18.1. The fraction of sp³-hybridized carbons (Fsp3) is 0.211. The van der Waals surface area contributed by atoms with Gasteiger partial charge in [-0.2, -0.15) is 0 Å². The molecule has 0 unspecified atom stereocenters. The van der Waals surface area contributed by atoms with E-state index in [0.29, 0.717) is 12.1 Å². The monoisotopic (exact) mass is 368 g/mol. The molecule has 0 N–H and O–H groups in total. The number of rotatable bonds is 3. The Bertz CT molecular complexity index is 911. The van der Waals surface area contributed by atoms with Gasteiger partial charge in [-0.1, -0.05) is 6.92 Å². The number of benzene rings is 2. The van der Waals surface area contributed by atoms with E-state index in [0.717, 1.165) is 6.07 Å². The van der Waals surface area contributed by atoms with Crippen LogP contribution in [0, 0.1) is 29.1 Å². The lowest BCUT2D eigenvalue weighted by Gasteiger charge is -2.19. The van der Waals surface area contributed by atoms with Gasteiger partial charge < -0.3 is 4.74 Å². The molecule has 1 aliphatic rings. The zero-order valence-corrected chi connectivity index (χ0v) is 13.6. The van der Waals surface area contributed by atoms with Gasteiger partial charge in [0, 0.05) is 12.8 Å². The number of hydrogen-bond donors (Lipinski definition) is 0. The summed E-state index contributed by atoms with van der Waals surface area (Å²) < 4.78 is 74.2. The minimum atomic E-state index is -1.71. The van der Waals surface area contributed by atoms with Gasteiger partial charge in [0.2, 0.25) is 0 Å². The predicted octanol–water partition coefficient (Wildman–Crippen LogP) is 5.29. The van der Waals surface area contributed by atoms with Crippen molar-refractivity contribution in [2.75, 3.05) is 0 Å². The van der Waals surface area contributed by atoms with Crippen LogP contribution in [0.15, 0.2) is 24.0 Å². The second-order valence-electron chi connectivity index (χ2n) is 5.81. The van der Waals surface area contributed by atoms with Gasteiger partial charge in [-0.25, -0.2) is 22.0 Å². The number of carbonyl (C=O) groups is 1. The number of carbonyl (C=O) groups excluding carboxylic acids is 1. The van der Waals surface area contributed by atoms with Crippen molar-refractivity contribution >= 4 is 12.0 Å². The zero-order valence-electron chi connectivity index (χ0n) is 13.6. The first-order chi connectivity index (χ1) is 12.3. The standard InChI is InChI=1S/C19H13F5O2/c1-2-16(25)26-11-3-4-12-9(5-11)6-13(20)17(18(12)23)10-7-14(21)19(24)15(22)8-10/h5-8H,2-4H2,1H3. The first-order valence-electron chi connectivity index (χ1n) is 7.88. The van der Waals surface area contributed by atoms with Gasteiger partial charge in [0.05, 0.1) is 5.56 Å². The van der Waals surface area contributed by atoms with Crippen LogP contribution in [0.1, 0.15) is 30.9 Å². The lowest BCUT2D eigenvalue weighted by molar-refractivity contribution is -0.139. The van der Waals surface area contributed by atoms with Crippen LogP contribution in [0.4, 0.5) is 22.0 Å². The maximum atomic E-state index is 14.8. The summed E-state index contributed by atoms with van der Waals surface area (Å²) in [5, 5.41) is 0. The molecule has 0 aromatic heterocycles. The van der Waals surface area contributed by atoms with Crippen LogP contribution in [-0.2, 0) is 16.0 Å². The molecule has 0 fully saturated rings. The Hall–Kier alpha value is -2.70. The average molecular weight is 368 g/mol. The molecule has 0 radical (unpaired) electrons. The largest absolute Gasteiger partial charge is 0.431 e. The Morgan fingerprint density at radius 2 is 1.62 bits per heavy atom. The number of halogens is 5. The second kappa shape index (κ2) is 6.90. The summed E-state index contributed by atoms with van der Waals surface area (Å²) in [6.45, 7) is 1.62. The summed E-state index contributed by atoms with van der Waals surface area (Å²) in [4.78, 5) is 11.3. The number of allylic oxidation sites excluding steroid dienone is 1. The molecule has 136 valence electrons. The van der Waals surface area contributed by atoms with E-state index in [2.05, 4.69) is 0 Å². The molecule has 1 aliphatic carbocycles. The van der Waals surface area contributed by atoms with E-state index in [1.165, 1.54) is 6.08 Å². The third kappa shape index (κ3) is 3.21. The Labute approximate surface area is 145 Å². The highest BCUT2D eigenvalue weighted by molar-refractivity contribution is 5.74. The molecule has 2 aromatic carbocycles. The third-order valence-electron chi connectivity index (χ3n) is 4.10. The zero-order chi connectivity index (χ0) is 19.0. The number of ether oxygens (including phenoxy) is 1. The SMILES string of the molecule is CCC(=O)OC1=Cc2cc(F)c(-c3cc(F)c(F)c(F)c3)c(F)c2CC1. The van der Waals surface area contributed by atoms with Gasteiger partial charge in [0.25, 0.3) is 0 Å². The number of hydrogen-bond acceptors (Lipinski definition) is 2. The summed E-state index contributed by atoms with van der Waals surface area (Å²) in [5.41, 5.74) is -0.768. The average Bonchev–Trinajstić information content (AvgIpc) is 2.59. The molecule has 3 rings (SSSR count). The lowest BCUT2D eigenvalue weighted by Crippen LogP contribution is -2.10. The second-order valence-corrected chi connectivity index (χ2v) is 5.81. The molecule has 0 saturated carbocycles. The summed E-state index contributed by atoms with van der Waals surface area (Å²) >= 11 is 0. The van der Waals surface area contributed by atoms with Crippen LogP contribution in [0.25, 0.3) is 17.2 Å². The lowest BCUT2D eigenvalue weighted by atomic mass is 9.91. The van der Waals surface area contributed by atoms with Crippen molar-refractivity contribution < 1.29 is 31.5 Å². The number of esters is 1. The van der Waals surface area contributed by atoms with Gasteiger partial charge in [-0.05, 0) is 47.4 Å². The molecular formula is C19H13F5O2. The molecule has 0 aliphatic heterocycles. The number of fused-ring (bicyclic) bond motifs is 1. The molecule has 0 saturated heterocycles.